The van der Waals surface area contributed by atoms with Gasteiger partial charge in [0.05, 0.1) is 18.6 Å². The summed E-state index contributed by atoms with van der Waals surface area (Å²) in [5, 5.41) is 11.6. The number of aliphatic carboxylic acids is 1. The molecule has 0 aromatic carbocycles. The minimum absolute atomic E-state index is 0.0842. The number of carbonyl (C=O) groups excluding carboxylic acids is 1. The van der Waals surface area contributed by atoms with E-state index in [4.69, 9.17) is 5.11 Å². The van der Waals surface area contributed by atoms with Crippen LogP contribution in [0.5, 0.6) is 0 Å². The molecule has 6 heteroatoms. The molecule has 2 N–H and O–H groups in total. The second kappa shape index (κ2) is 7.05. The number of rotatable bonds is 6. The molecule has 6 nitrogen and oxygen atoms in total. The van der Waals surface area contributed by atoms with E-state index >= 15 is 0 Å². The molecule has 1 rings (SSSR count). The van der Waals surface area contributed by atoms with Crippen molar-refractivity contribution in [1.29, 1.82) is 0 Å². The zero-order valence-corrected chi connectivity index (χ0v) is 9.92. The SMILES string of the molecule is CCOC(=O)C/C(=C/Nc1ccccn1)C(=O)O. The van der Waals surface area contributed by atoms with Gasteiger partial charge in [0.2, 0.25) is 0 Å². The van der Waals surface area contributed by atoms with Gasteiger partial charge in [-0.15, -0.1) is 0 Å². The van der Waals surface area contributed by atoms with Crippen molar-refractivity contribution in [3.63, 3.8) is 0 Å². The first-order chi connectivity index (χ1) is 8.63. The summed E-state index contributed by atoms with van der Waals surface area (Å²) in [6, 6.07) is 5.18. The first kappa shape index (κ1) is 13.7. The number of nitrogens with one attached hydrogen (secondary N) is 1. The number of carboxylic acids is 1. The Bertz CT molecular complexity index is 443. The summed E-state index contributed by atoms with van der Waals surface area (Å²) >= 11 is 0. The van der Waals surface area contributed by atoms with Crippen LogP contribution < -0.4 is 5.32 Å². The molecule has 0 saturated carbocycles. The molecule has 0 fully saturated rings. The maximum absolute atomic E-state index is 11.2. The van der Waals surface area contributed by atoms with Crippen LogP contribution in [0.3, 0.4) is 0 Å². The number of anilines is 1. The summed E-state index contributed by atoms with van der Waals surface area (Å²) < 4.78 is 4.69. The first-order valence-corrected chi connectivity index (χ1v) is 5.39. The molecule has 0 aliphatic carbocycles. The lowest BCUT2D eigenvalue weighted by atomic mass is 10.2. The Morgan fingerprint density at radius 3 is 2.83 bits per heavy atom. The molecule has 0 saturated heterocycles. The normalized spacial score (nSPS) is 10.8. The number of ether oxygens (including phenoxy) is 1. The van der Waals surface area contributed by atoms with E-state index in [1.54, 1.807) is 31.3 Å². The topological polar surface area (TPSA) is 88.5 Å². The number of pyridine rings is 1. The summed E-state index contributed by atoms with van der Waals surface area (Å²) in [6.45, 7) is 1.88. The van der Waals surface area contributed by atoms with Crippen molar-refractivity contribution < 1.29 is 19.4 Å². The molecule has 0 bridgehead atoms. The lowest BCUT2D eigenvalue weighted by Gasteiger charge is -2.04. The van der Waals surface area contributed by atoms with E-state index < -0.39 is 11.9 Å². The molecule has 96 valence electrons. The van der Waals surface area contributed by atoms with Crippen molar-refractivity contribution in [2.45, 2.75) is 13.3 Å². The van der Waals surface area contributed by atoms with Gasteiger partial charge in [0, 0.05) is 12.4 Å². The van der Waals surface area contributed by atoms with Crippen molar-refractivity contribution in [2.75, 3.05) is 11.9 Å². The van der Waals surface area contributed by atoms with Crippen LogP contribution in [0.4, 0.5) is 5.82 Å². The lowest BCUT2D eigenvalue weighted by molar-refractivity contribution is -0.144. The van der Waals surface area contributed by atoms with Gasteiger partial charge in [0.25, 0.3) is 0 Å². The van der Waals surface area contributed by atoms with E-state index in [1.807, 2.05) is 0 Å². The molecule has 18 heavy (non-hydrogen) atoms. The summed E-state index contributed by atoms with van der Waals surface area (Å²) in [6.07, 6.45) is 2.52. The number of nitrogens with zero attached hydrogens (tertiary/aromatic N) is 1. The van der Waals surface area contributed by atoms with E-state index in [2.05, 4.69) is 15.0 Å². The van der Waals surface area contributed by atoms with Gasteiger partial charge in [-0.3, -0.25) is 4.79 Å². The molecule has 1 aromatic rings. The fourth-order valence-electron chi connectivity index (χ4n) is 1.17. The number of hydrogen-bond acceptors (Lipinski definition) is 5. The Morgan fingerprint density at radius 2 is 2.28 bits per heavy atom. The lowest BCUT2D eigenvalue weighted by Crippen LogP contribution is -2.12. The molecule has 0 aliphatic heterocycles. The third-order valence-corrected chi connectivity index (χ3v) is 1.97. The Kier molecular flexibility index (Phi) is 5.37. The Hall–Kier alpha value is -2.37. The minimum Gasteiger partial charge on any atom is -0.478 e. The van der Waals surface area contributed by atoms with Gasteiger partial charge < -0.3 is 15.2 Å². The summed E-state index contributed by atoms with van der Waals surface area (Å²) in [4.78, 5) is 26.1. The smallest absolute Gasteiger partial charge is 0.333 e. The van der Waals surface area contributed by atoms with Gasteiger partial charge in [-0.2, -0.15) is 0 Å². The van der Waals surface area contributed by atoms with Gasteiger partial charge in [-0.1, -0.05) is 6.07 Å². The summed E-state index contributed by atoms with van der Waals surface area (Å²) in [5.41, 5.74) is -0.0842. The highest BCUT2D eigenvalue weighted by Gasteiger charge is 2.13. The molecule has 0 spiro atoms. The highest BCUT2D eigenvalue weighted by molar-refractivity contribution is 5.92. The van der Waals surface area contributed by atoms with E-state index in [1.165, 1.54) is 6.20 Å². The van der Waals surface area contributed by atoms with Crippen molar-refractivity contribution in [2.24, 2.45) is 0 Å². The standard InChI is InChI=1S/C12H14N2O4/c1-2-18-11(15)7-9(12(16)17)8-14-10-5-3-4-6-13-10/h3-6,8H,2,7H2,1H3,(H,13,14)(H,16,17)/b9-8-. The van der Waals surface area contributed by atoms with Crippen LogP contribution >= 0.6 is 0 Å². The average Bonchev–Trinajstić information content (AvgIpc) is 2.35. The number of carbonyl (C=O) groups is 2. The average molecular weight is 250 g/mol. The number of esters is 1. The van der Waals surface area contributed by atoms with E-state index in [0.717, 1.165) is 0 Å². The highest BCUT2D eigenvalue weighted by atomic mass is 16.5. The molecule has 0 unspecified atom stereocenters. The largest absolute Gasteiger partial charge is 0.478 e. The van der Waals surface area contributed by atoms with Gasteiger partial charge in [-0.25, -0.2) is 9.78 Å². The number of carboxylic acid groups (broad SMARTS) is 1. The zero-order valence-electron chi connectivity index (χ0n) is 9.92. The third kappa shape index (κ3) is 4.65. The second-order valence-corrected chi connectivity index (χ2v) is 3.32. The molecule has 1 aromatic heterocycles. The van der Waals surface area contributed by atoms with Crippen molar-refractivity contribution in [3.05, 3.63) is 36.2 Å². The van der Waals surface area contributed by atoms with E-state index in [0.29, 0.717) is 5.82 Å². The van der Waals surface area contributed by atoms with Crippen molar-refractivity contribution >= 4 is 17.8 Å². The summed E-state index contributed by atoms with van der Waals surface area (Å²) in [5.74, 6) is -1.25. The Labute approximate surface area is 104 Å². The molecule has 0 aliphatic rings. The van der Waals surface area contributed by atoms with Crippen LogP contribution in [0.25, 0.3) is 0 Å². The highest BCUT2D eigenvalue weighted by Crippen LogP contribution is 2.06. The van der Waals surface area contributed by atoms with Gasteiger partial charge in [0.15, 0.2) is 0 Å². The van der Waals surface area contributed by atoms with Crippen LogP contribution in [0.2, 0.25) is 0 Å². The van der Waals surface area contributed by atoms with E-state index in [-0.39, 0.29) is 18.6 Å². The van der Waals surface area contributed by atoms with Crippen molar-refractivity contribution in [3.8, 4) is 0 Å². The van der Waals surface area contributed by atoms with Gasteiger partial charge in [-0.05, 0) is 19.1 Å². The maximum atomic E-state index is 11.2. The minimum atomic E-state index is -1.17. The summed E-state index contributed by atoms with van der Waals surface area (Å²) in [7, 11) is 0. The van der Waals surface area contributed by atoms with Crippen molar-refractivity contribution in [1.82, 2.24) is 4.98 Å². The molecular weight excluding hydrogens is 236 g/mol. The third-order valence-electron chi connectivity index (χ3n) is 1.97. The fourth-order valence-corrected chi connectivity index (χ4v) is 1.17. The fraction of sp³-hybridized carbons (Fsp3) is 0.250. The molecule has 1 heterocycles. The molecule has 0 radical (unpaired) electrons. The van der Waals surface area contributed by atoms with Crippen LogP contribution in [0.1, 0.15) is 13.3 Å². The maximum Gasteiger partial charge on any atom is 0.333 e. The quantitative estimate of drug-likeness (QED) is 0.586. The van der Waals surface area contributed by atoms with E-state index in [9.17, 15) is 9.59 Å². The Morgan fingerprint density at radius 1 is 1.50 bits per heavy atom. The first-order valence-electron chi connectivity index (χ1n) is 5.39. The zero-order chi connectivity index (χ0) is 13.4. The molecule has 0 amide bonds. The van der Waals surface area contributed by atoms with Crippen LogP contribution in [0, 0.1) is 0 Å². The number of hydrogen-bond donors (Lipinski definition) is 2. The van der Waals surface area contributed by atoms with Crippen LogP contribution in [-0.2, 0) is 14.3 Å². The monoisotopic (exact) mass is 250 g/mol. The van der Waals surface area contributed by atoms with Crippen LogP contribution in [0.15, 0.2) is 36.2 Å². The van der Waals surface area contributed by atoms with Crippen LogP contribution in [-0.4, -0.2) is 28.6 Å². The molecular formula is C12H14N2O4. The number of aromatic nitrogens is 1. The predicted octanol–water partition coefficient (Wildman–Crippen LogP) is 1.42. The Balaban J connectivity index is 2.67. The van der Waals surface area contributed by atoms with Gasteiger partial charge >= 0.3 is 11.9 Å². The molecule has 0 atom stereocenters. The second-order valence-electron chi connectivity index (χ2n) is 3.32. The van der Waals surface area contributed by atoms with Gasteiger partial charge in [0.1, 0.15) is 5.82 Å². The predicted molar refractivity (Wildman–Crippen MR) is 64.8 cm³/mol.